The van der Waals surface area contributed by atoms with Gasteiger partial charge in [0.2, 0.25) is 11.8 Å². The molecule has 5 nitrogen and oxygen atoms in total. The van der Waals surface area contributed by atoms with Crippen molar-refractivity contribution < 1.29 is 9.59 Å². The molecule has 0 radical (unpaired) electrons. The molecule has 3 aromatic rings. The molecule has 0 spiro atoms. The van der Waals surface area contributed by atoms with Crippen molar-refractivity contribution in [1.82, 2.24) is 4.98 Å². The van der Waals surface area contributed by atoms with Gasteiger partial charge in [0.15, 0.2) is 0 Å². The molecule has 146 valence electrons. The topological polar surface area (TPSA) is 71.1 Å². The molecule has 1 aromatic heterocycles. The quantitative estimate of drug-likeness (QED) is 0.550. The van der Waals surface area contributed by atoms with Gasteiger partial charge in [0.1, 0.15) is 11.1 Å². The molecule has 1 aliphatic rings. The van der Waals surface area contributed by atoms with Gasteiger partial charge in [-0.05, 0) is 54.8 Å². The number of nitrogens with zero attached hydrogens (tertiary/aromatic N) is 1. The van der Waals surface area contributed by atoms with Crippen LogP contribution in [0.5, 0.6) is 0 Å². The van der Waals surface area contributed by atoms with Crippen molar-refractivity contribution in [2.75, 3.05) is 10.6 Å². The number of pyridine rings is 1. The smallest absolute Gasteiger partial charge is 0.243 e. The molecule has 1 unspecified atom stereocenters. The van der Waals surface area contributed by atoms with Crippen molar-refractivity contribution in [1.29, 1.82) is 0 Å². The lowest BCUT2D eigenvalue weighted by Crippen LogP contribution is -2.19. The molecule has 4 rings (SSSR count). The predicted molar refractivity (Wildman–Crippen MR) is 116 cm³/mol. The molecule has 1 atom stereocenters. The molecule has 0 bridgehead atoms. The lowest BCUT2D eigenvalue weighted by molar-refractivity contribution is -0.117. The van der Waals surface area contributed by atoms with E-state index in [1.54, 1.807) is 12.3 Å². The first-order chi connectivity index (χ1) is 14.2. The zero-order chi connectivity index (χ0) is 20.1. The minimum absolute atomic E-state index is 0.0855. The number of carbonyl (C=O) groups excluding carboxylic acids is 2. The van der Waals surface area contributed by atoms with Gasteiger partial charge in [-0.15, -0.1) is 11.8 Å². The number of rotatable bonds is 7. The van der Waals surface area contributed by atoms with Crippen molar-refractivity contribution in [2.24, 2.45) is 5.92 Å². The number of aromatic nitrogens is 1. The Morgan fingerprint density at radius 3 is 2.28 bits per heavy atom. The number of hydrogen-bond donors (Lipinski definition) is 2. The molecule has 1 saturated carbocycles. The SMILES string of the molecule is O=C(Nc1ccc(SC(C(=O)Nc2ccccn2)c2ccccc2)cc1)C1CC1. The number of anilines is 2. The largest absolute Gasteiger partial charge is 0.326 e. The van der Waals surface area contributed by atoms with Gasteiger partial charge >= 0.3 is 0 Å². The Hall–Kier alpha value is -3.12. The summed E-state index contributed by atoms with van der Waals surface area (Å²) < 4.78 is 0. The molecule has 0 aliphatic heterocycles. The third-order valence-corrected chi connectivity index (χ3v) is 5.85. The average molecular weight is 404 g/mol. The first-order valence-corrected chi connectivity index (χ1v) is 10.4. The van der Waals surface area contributed by atoms with E-state index < -0.39 is 5.25 Å². The fourth-order valence-electron chi connectivity index (χ4n) is 2.87. The summed E-state index contributed by atoms with van der Waals surface area (Å²) in [5, 5.41) is 5.40. The van der Waals surface area contributed by atoms with E-state index in [9.17, 15) is 9.59 Å². The first kappa shape index (κ1) is 19.2. The number of nitrogens with one attached hydrogen (secondary N) is 2. The Balaban J connectivity index is 1.49. The minimum atomic E-state index is -0.426. The molecular formula is C23H21N3O2S. The van der Waals surface area contributed by atoms with Crippen LogP contribution >= 0.6 is 11.8 Å². The maximum absolute atomic E-state index is 13.0. The highest BCUT2D eigenvalue weighted by atomic mass is 32.2. The van der Waals surface area contributed by atoms with E-state index in [2.05, 4.69) is 15.6 Å². The Morgan fingerprint density at radius 2 is 1.62 bits per heavy atom. The van der Waals surface area contributed by atoms with E-state index in [0.717, 1.165) is 29.0 Å². The third-order valence-electron chi connectivity index (χ3n) is 4.58. The van der Waals surface area contributed by atoms with Gasteiger partial charge in [0.05, 0.1) is 0 Å². The van der Waals surface area contributed by atoms with Crippen molar-refractivity contribution >= 4 is 35.1 Å². The van der Waals surface area contributed by atoms with Crippen LogP contribution < -0.4 is 10.6 Å². The summed E-state index contributed by atoms with van der Waals surface area (Å²) in [4.78, 5) is 30.0. The normalized spacial score (nSPS) is 14.1. The zero-order valence-corrected chi connectivity index (χ0v) is 16.6. The van der Waals surface area contributed by atoms with E-state index in [-0.39, 0.29) is 17.7 Å². The molecule has 29 heavy (non-hydrogen) atoms. The van der Waals surface area contributed by atoms with Gasteiger partial charge in [-0.2, -0.15) is 0 Å². The maximum atomic E-state index is 13.0. The summed E-state index contributed by atoms with van der Waals surface area (Å²) in [5.74, 6) is 0.646. The van der Waals surface area contributed by atoms with Gasteiger partial charge in [0, 0.05) is 22.7 Å². The highest BCUT2D eigenvalue weighted by molar-refractivity contribution is 8.00. The Kier molecular flexibility index (Phi) is 5.91. The van der Waals surface area contributed by atoms with Gasteiger partial charge in [-0.3, -0.25) is 9.59 Å². The molecule has 2 N–H and O–H groups in total. The monoisotopic (exact) mass is 403 g/mol. The van der Waals surface area contributed by atoms with Gasteiger partial charge in [-0.1, -0.05) is 36.4 Å². The number of hydrogen-bond acceptors (Lipinski definition) is 4. The van der Waals surface area contributed by atoms with Crippen molar-refractivity contribution in [2.45, 2.75) is 23.0 Å². The van der Waals surface area contributed by atoms with Crippen LogP contribution in [0.1, 0.15) is 23.7 Å². The molecule has 6 heteroatoms. The molecular weight excluding hydrogens is 382 g/mol. The van der Waals surface area contributed by atoms with E-state index in [4.69, 9.17) is 0 Å². The first-order valence-electron chi connectivity index (χ1n) is 9.53. The summed E-state index contributed by atoms with van der Waals surface area (Å²) in [6.07, 6.45) is 3.60. The van der Waals surface area contributed by atoms with Crippen LogP contribution in [-0.4, -0.2) is 16.8 Å². The Labute approximate surface area is 173 Å². The van der Waals surface area contributed by atoms with Crippen LogP contribution in [0.2, 0.25) is 0 Å². The summed E-state index contributed by atoms with van der Waals surface area (Å²) in [7, 11) is 0. The van der Waals surface area contributed by atoms with Gasteiger partial charge in [-0.25, -0.2) is 4.98 Å². The van der Waals surface area contributed by atoms with E-state index in [1.165, 1.54) is 11.8 Å². The standard InChI is InChI=1S/C23H21N3O2S/c27-22(17-9-10-17)25-18-11-13-19(14-12-18)29-21(16-6-2-1-3-7-16)23(28)26-20-8-4-5-15-24-20/h1-8,11-15,17,21H,9-10H2,(H,25,27)(H,24,26,28). The van der Waals surface area contributed by atoms with Crippen LogP contribution in [0, 0.1) is 5.92 Å². The molecule has 1 fully saturated rings. The van der Waals surface area contributed by atoms with Crippen molar-refractivity contribution in [3.05, 3.63) is 84.6 Å². The van der Waals surface area contributed by atoms with Crippen LogP contribution in [0.4, 0.5) is 11.5 Å². The predicted octanol–water partition coefficient (Wildman–Crippen LogP) is 4.90. The molecule has 0 saturated heterocycles. The Morgan fingerprint density at radius 1 is 0.897 bits per heavy atom. The molecule has 2 amide bonds. The van der Waals surface area contributed by atoms with Crippen LogP contribution in [0.15, 0.2) is 83.9 Å². The fraction of sp³-hybridized carbons (Fsp3) is 0.174. The number of benzene rings is 2. The fourth-order valence-corrected chi connectivity index (χ4v) is 3.90. The second kappa shape index (κ2) is 8.92. The lowest BCUT2D eigenvalue weighted by Gasteiger charge is -2.17. The average Bonchev–Trinajstić information content (AvgIpc) is 3.60. The number of amides is 2. The second-order valence-electron chi connectivity index (χ2n) is 6.90. The minimum Gasteiger partial charge on any atom is -0.326 e. The van der Waals surface area contributed by atoms with E-state index in [1.807, 2.05) is 66.7 Å². The summed E-state index contributed by atoms with van der Waals surface area (Å²) >= 11 is 1.46. The van der Waals surface area contributed by atoms with Gasteiger partial charge < -0.3 is 10.6 Å². The van der Waals surface area contributed by atoms with Crippen LogP contribution in [0.25, 0.3) is 0 Å². The van der Waals surface area contributed by atoms with Crippen LogP contribution in [-0.2, 0) is 9.59 Å². The molecule has 1 aliphatic carbocycles. The van der Waals surface area contributed by atoms with Crippen molar-refractivity contribution in [3.8, 4) is 0 Å². The van der Waals surface area contributed by atoms with Gasteiger partial charge in [0.25, 0.3) is 0 Å². The number of thioether (sulfide) groups is 1. The van der Waals surface area contributed by atoms with Crippen molar-refractivity contribution in [3.63, 3.8) is 0 Å². The highest BCUT2D eigenvalue weighted by Crippen LogP contribution is 2.37. The maximum Gasteiger partial charge on any atom is 0.243 e. The molecule has 1 heterocycles. The van der Waals surface area contributed by atoms with Crippen LogP contribution in [0.3, 0.4) is 0 Å². The molecule has 2 aromatic carbocycles. The highest BCUT2D eigenvalue weighted by Gasteiger charge is 2.29. The van der Waals surface area contributed by atoms with E-state index in [0.29, 0.717) is 5.82 Å². The zero-order valence-electron chi connectivity index (χ0n) is 15.7. The third kappa shape index (κ3) is 5.23. The Bertz CT molecular complexity index is 974. The van der Waals surface area contributed by atoms with E-state index >= 15 is 0 Å². The summed E-state index contributed by atoms with van der Waals surface area (Å²) in [5.41, 5.74) is 1.69. The second-order valence-corrected chi connectivity index (χ2v) is 8.08. The number of carbonyl (C=O) groups is 2. The summed E-state index contributed by atoms with van der Waals surface area (Å²) in [6.45, 7) is 0. The summed E-state index contributed by atoms with van der Waals surface area (Å²) in [6, 6.07) is 22.7. The lowest BCUT2D eigenvalue weighted by atomic mass is 10.1.